The molecule has 0 aliphatic carbocycles. The summed E-state index contributed by atoms with van der Waals surface area (Å²) >= 11 is 0. The number of nitrogens with zero attached hydrogens (tertiary/aromatic N) is 1. The quantitative estimate of drug-likeness (QED) is 0.732. The Morgan fingerprint density at radius 2 is 1.91 bits per heavy atom. The Bertz CT molecular complexity index is 935. The van der Waals surface area contributed by atoms with Crippen LogP contribution in [0.15, 0.2) is 41.3 Å². The summed E-state index contributed by atoms with van der Waals surface area (Å²) in [5.41, 5.74) is -0.799. The minimum absolute atomic E-state index is 0.227. The number of carbonyl (C=O) groups is 1. The van der Waals surface area contributed by atoms with Crippen LogP contribution < -0.4 is 4.72 Å². The van der Waals surface area contributed by atoms with Gasteiger partial charge in [-0.3, -0.25) is 4.72 Å². The van der Waals surface area contributed by atoms with Crippen molar-refractivity contribution in [2.75, 3.05) is 4.72 Å². The number of rotatable bonds is 4. The fourth-order valence-electron chi connectivity index (χ4n) is 1.71. The van der Waals surface area contributed by atoms with Gasteiger partial charge in [0.05, 0.1) is 21.7 Å². The average Bonchev–Trinajstić information content (AvgIpc) is 2.48. The van der Waals surface area contributed by atoms with Gasteiger partial charge in [-0.1, -0.05) is 0 Å². The number of nitriles is 1. The Morgan fingerprint density at radius 3 is 2.43 bits per heavy atom. The van der Waals surface area contributed by atoms with Gasteiger partial charge in [0.15, 0.2) is 0 Å². The molecule has 0 aliphatic heterocycles. The highest BCUT2D eigenvalue weighted by atomic mass is 32.2. The number of sulfonamides is 1. The summed E-state index contributed by atoms with van der Waals surface area (Å²) in [6.07, 6.45) is 0. The first-order valence-electron chi connectivity index (χ1n) is 6.03. The van der Waals surface area contributed by atoms with Crippen molar-refractivity contribution >= 4 is 21.7 Å². The van der Waals surface area contributed by atoms with Gasteiger partial charge in [0.1, 0.15) is 17.6 Å². The minimum atomic E-state index is -4.22. The maximum atomic E-state index is 13.5. The lowest BCUT2D eigenvalue weighted by Gasteiger charge is -2.10. The van der Waals surface area contributed by atoms with E-state index in [1.165, 1.54) is 0 Å². The van der Waals surface area contributed by atoms with Crippen molar-refractivity contribution < 1.29 is 27.8 Å². The van der Waals surface area contributed by atoms with E-state index in [2.05, 4.69) is 0 Å². The van der Waals surface area contributed by atoms with Crippen LogP contribution in [-0.4, -0.2) is 24.6 Å². The Morgan fingerprint density at radius 1 is 1.22 bits per heavy atom. The van der Waals surface area contributed by atoms with Gasteiger partial charge in [-0.25, -0.2) is 17.6 Å². The summed E-state index contributed by atoms with van der Waals surface area (Å²) < 4.78 is 39.8. The molecule has 0 bridgehead atoms. The maximum absolute atomic E-state index is 13.5. The van der Waals surface area contributed by atoms with Crippen molar-refractivity contribution in [2.45, 2.75) is 4.90 Å². The normalized spacial score (nSPS) is 10.8. The molecule has 2 aromatic carbocycles. The number of carboxylic acids is 1. The highest BCUT2D eigenvalue weighted by molar-refractivity contribution is 7.92. The van der Waals surface area contributed by atoms with Crippen LogP contribution in [0.5, 0.6) is 5.75 Å². The molecule has 2 rings (SSSR count). The van der Waals surface area contributed by atoms with Crippen LogP contribution in [0.2, 0.25) is 0 Å². The molecule has 0 atom stereocenters. The molecule has 0 aromatic heterocycles. The largest absolute Gasteiger partial charge is 0.506 e. The molecule has 0 aliphatic rings. The molecule has 0 radical (unpaired) electrons. The van der Waals surface area contributed by atoms with Gasteiger partial charge in [-0.2, -0.15) is 5.26 Å². The van der Waals surface area contributed by atoms with Crippen molar-refractivity contribution in [1.82, 2.24) is 0 Å². The van der Waals surface area contributed by atoms with Crippen molar-refractivity contribution in [2.24, 2.45) is 0 Å². The third kappa shape index (κ3) is 3.38. The predicted molar refractivity (Wildman–Crippen MR) is 77.0 cm³/mol. The summed E-state index contributed by atoms with van der Waals surface area (Å²) in [5, 5.41) is 27.1. The second-order valence-electron chi connectivity index (χ2n) is 4.40. The molecule has 0 saturated carbocycles. The molecule has 23 heavy (non-hydrogen) atoms. The van der Waals surface area contributed by atoms with E-state index in [1.807, 2.05) is 4.72 Å². The number of phenols is 1. The number of hydrogen-bond acceptors (Lipinski definition) is 5. The standard InChI is InChI=1S/C14H9FN2O5S/c15-11-6-10(3-1-9(11)7-16)23(21,22)17-12-4-2-8(14(19)20)5-13(12)18/h1-6,17-18H,(H,19,20). The summed E-state index contributed by atoms with van der Waals surface area (Å²) in [7, 11) is -4.22. The molecule has 7 nitrogen and oxygen atoms in total. The van der Waals surface area contributed by atoms with Gasteiger partial charge in [0.2, 0.25) is 0 Å². The number of phenolic OH excluding ortho intramolecular Hbond substituents is 1. The van der Waals surface area contributed by atoms with Crippen LogP contribution in [0.25, 0.3) is 0 Å². The number of benzene rings is 2. The van der Waals surface area contributed by atoms with E-state index in [4.69, 9.17) is 10.4 Å². The molecule has 0 unspecified atom stereocenters. The zero-order chi connectivity index (χ0) is 17.2. The smallest absolute Gasteiger partial charge is 0.335 e. The van der Waals surface area contributed by atoms with Gasteiger partial charge >= 0.3 is 5.97 Å². The Balaban J connectivity index is 2.37. The lowest BCUT2D eigenvalue weighted by Crippen LogP contribution is -2.13. The van der Waals surface area contributed by atoms with E-state index in [0.29, 0.717) is 6.07 Å². The number of carboxylic acid groups (broad SMARTS) is 1. The average molecular weight is 336 g/mol. The maximum Gasteiger partial charge on any atom is 0.335 e. The highest BCUT2D eigenvalue weighted by Crippen LogP contribution is 2.27. The van der Waals surface area contributed by atoms with E-state index in [1.54, 1.807) is 6.07 Å². The van der Waals surface area contributed by atoms with Crippen LogP contribution in [-0.2, 0) is 10.0 Å². The molecule has 0 fully saturated rings. The molecule has 0 heterocycles. The van der Waals surface area contributed by atoms with E-state index >= 15 is 0 Å². The summed E-state index contributed by atoms with van der Waals surface area (Å²) in [6.45, 7) is 0. The first-order valence-corrected chi connectivity index (χ1v) is 7.51. The van der Waals surface area contributed by atoms with Crippen LogP contribution in [0, 0.1) is 17.1 Å². The Kier molecular flexibility index (Phi) is 4.20. The molecule has 0 saturated heterocycles. The number of hydrogen-bond donors (Lipinski definition) is 3. The minimum Gasteiger partial charge on any atom is -0.506 e. The lowest BCUT2D eigenvalue weighted by atomic mass is 10.2. The second-order valence-corrected chi connectivity index (χ2v) is 6.08. The highest BCUT2D eigenvalue weighted by Gasteiger charge is 2.19. The Hall–Kier alpha value is -3.12. The summed E-state index contributed by atoms with van der Waals surface area (Å²) in [4.78, 5) is 10.3. The molecule has 2 aromatic rings. The van der Waals surface area contributed by atoms with Gasteiger partial charge in [0, 0.05) is 0 Å². The number of aromatic hydroxyl groups is 1. The summed E-state index contributed by atoms with van der Waals surface area (Å²) in [5.74, 6) is -2.88. The molecule has 9 heteroatoms. The number of nitrogens with one attached hydrogen (secondary N) is 1. The molecule has 3 N–H and O–H groups in total. The third-order valence-electron chi connectivity index (χ3n) is 2.86. The number of anilines is 1. The fourth-order valence-corrected chi connectivity index (χ4v) is 2.79. The molecular weight excluding hydrogens is 327 g/mol. The first kappa shape index (κ1) is 16.3. The van der Waals surface area contributed by atoms with E-state index in [-0.39, 0.29) is 16.8 Å². The van der Waals surface area contributed by atoms with E-state index < -0.39 is 32.5 Å². The van der Waals surface area contributed by atoms with Crippen molar-refractivity contribution in [3.8, 4) is 11.8 Å². The second kappa shape index (κ2) is 5.94. The van der Waals surface area contributed by atoms with Gasteiger partial charge < -0.3 is 10.2 Å². The number of aromatic carboxylic acids is 1. The van der Waals surface area contributed by atoms with Crippen molar-refractivity contribution in [3.05, 3.63) is 53.3 Å². The third-order valence-corrected chi connectivity index (χ3v) is 4.22. The van der Waals surface area contributed by atoms with Gasteiger partial charge in [-0.05, 0) is 36.4 Å². The summed E-state index contributed by atoms with van der Waals surface area (Å²) in [6, 6.07) is 7.32. The molecular formula is C14H9FN2O5S. The predicted octanol–water partition coefficient (Wildman–Crippen LogP) is 1.90. The van der Waals surface area contributed by atoms with Crippen LogP contribution in [0.1, 0.15) is 15.9 Å². The SMILES string of the molecule is N#Cc1ccc(S(=O)(=O)Nc2ccc(C(=O)O)cc2O)cc1F. The topological polar surface area (TPSA) is 127 Å². The molecule has 118 valence electrons. The van der Waals surface area contributed by atoms with Crippen LogP contribution in [0.3, 0.4) is 0 Å². The molecule has 0 amide bonds. The van der Waals surface area contributed by atoms with Crippen molar-refractivity contribution in [1.29, 1.82) is 5.26 Å². The molecule has 0 spiro atoms. The van der Waals surface area contributed by atoms with Gasteiger partial charge in [0.25, 0.3) is 10.0 Å². The zero-order valence-corrected chi connectivity index (χ0v) is 12.1. The van der Waals surface area contributed by atoms with Gasteiger partial charge in [-0.15, -0.1) is 0 Å². The lowest BCUT2D eigenvalue weighted by molar-refractivity contribution is 0.0696. The first-order chi connectivity index (χ1) is 10.7. The number of halogens is 1. The Labute approximate surface area is 130 Å². The van der Waals surface area contributed by atoms with Crippen LogP contribution in [0.4, 0.5) is 10.1 Å². The van der Waals surface area contributed by atoms with Crippen molar-refractivity contribution in [3.63, 3.8) is 0 Å². The van der Waals surface area contributed by atoms with Crippen LogP contribution >= 0.6 is 0 Å². The zero-order valence-electron chi connectivity index (χ0n) is 11.3. The fraction of sp³-hybridized carbons (Fsp3) is 0. The van der Waals surface area contributed by atoms with E-state index in [9.17, 15) is 22.7 Å². The monoisotopic (exact) mass is 336 g/mol. The van der Waals surface area contributed by atoms with E-state index in [0.717, 1.165) is 30.3 Å².